The predicted octanol–water partition coefficient (Wildman–Crippen LogP) is 3.82. The van der Waals surface area contributed by atoms with Gasteiger partial charge < -0.3 is 33.7 Å². The molecule has 0 bridgehead atoms. The number of pyridine rings is 1. The smallest absolute Gasteiger partial charge is 0.308 e. The summed E-state index contributed by atoms with van der Waals surface area (Å²) in [5.41, 5.74) is 0.766. The molecule has 0 aliphatic carbocycles. The van der Waals surface area contributed by atoms with Crippen LogP contribution in [0.3, 0.4) is 0 Å². The van der Waals surface area contributed by atoms with E-state index in [1.807, 2.05) is 24.1 Å². The third-order valence-corrected chi connectivity index (χ3v) is 7.60. The Balaban J connectivity index is 0.000000342. The molecule has 1 aromatic heterocycles. The Labute approximate surface area is 236 Å². The zero-order chi connectivity index (χ0) is 29.1. The number of likely N-dealkylation sites (tertiary alicyclic amines) is 1. The van der Waals surface area contributed by atoms with E-state index in [-0.39, 0.29) is 24.3 Å². The van der Waals surface area contributed by atoms with Gasteiger partial charge in [0.1, 0.15) is 0 Å². The molecule has 2 aliphatic heterocycles. The highest BCUT2D eigenvalue weighted by Crippen LogP contribution is 2.46. The number of methoxy groups -OCH3 is 1. The third kappa shape index (κ3) is 7.78. The normalized spacial score (nSPS) is 19.6. The van der Waals surface area contributed by atoms with Crippen LogP contribution in [0.2, 0.25) is 0 Å². The highest BCUT2D eigenvalue weighted by molar-refractivity contribution is 5.73. The maximum atomic E-state index is 12.2. The number of carboxylic acids is 1. The summed E-state index contributed by atoms with van der Waals surface area (Å²) in [6.07, 6.45) is 7.84. The number of hydrogen-bond donors (Lipinski definition) is 1. The quantitative estimate of drug-likeness (QED) is 0.370. The summed E-state index contributed by atoms with van der Waals surface area (Å²) in [5, 5.41) is 10.0. The van der Waals surface area contributed by atoms with Crippen LogP contribution in [0.5, 0.6) is 17.2 Å². The van der Waals surface area contributed by atoms with Crippen LogP contribution in [0.1, 0.15) is 57.4 Å². The Morgan fingerprint density at radius 3 is 2.50 bits per heavy atom. The van der Waals surface area contributed by atoms with E-state index in [0.717, 1.165) is 50.7 Å². The number of carboxylic acid groups (broad SMARTS) is 1. The predicted molar refractivity (Wildman–Crippen MR) is 152 cm³/mol. The fourth-order valence-electron chi connectivity index (χ4n) is 5.37. The molecule has 0 radical (unpaired) electrons. The first-order valence-electron chi connectivity index (χ1n) is 14.1. The van der Waals surface area contributed by atoms with Crippen LogP contribution in [0.15, 0.2) is 41.3 Å². The van der Waals surface area contributed by atoms with Gasteiger partial charge in [0.2, 0.25) is 24.5 Å². The lowest BCUT2D eigenvalue weighted by atomic mass is 9.84. The fraction of sp³-hybridized carbons (Fsp3) is 0.567. The van der Waals surface area contributed by atoms with Gasteiger partial charge in [0.05, 0.1) is 13.0 Å². The third-order valence-electron chi connectivity index (χ3n) is 7.60. The minimum atomic E-state index is -0.846. The van der Waals surface area contributed by atoms with Crippen molar-refractivity contribution < 1.29 is 28.9 Å². The molecular formula is C30H43N3O7. The topological polar surface area (TPSA) is 111 Å². The van der Waals surface area contributed by atoms with Gasteiger partial charge in [0.25, 0.3) is 0 Å². The number of aromatic nitrogens is 1. The molecule has 1 fully saturated rings. The van der Waals surface area contributed by atoms with E-state index >= 15 is 0 Å². The van der Waals surface area contributed by atoms with Gasteiger partial charge in [-0.05, 0) is 50.1 Å². The number of amides is 1. The molecule has 2 aromatic rings. The Morgan fingerprint density at radius 2 is 1.90 bits per heavy atom. The van der Waals surface area contributed by atoms with Gasteiger partial charge in [-0.3, -0.25) is 14.4 Å². The molecule has 1 amide bonds. The summed E-state index contributed by atoms with van der Waals surface area (Å²) >= 11 is 0. The maximum Gasteiger partial charge on any atom is 0.308 e. The van der Waals surface area contributed by atoms with Crippen molar-refractivity contribution in [1.82, 2.24) is 14.4 Å². The van der Waals surface area contributed by atoms with Crippen molar-refractivity contribution in [3.8, 4) is 17.2 Å². The number of carbonyl (C=O) groups excluding carboxylic acids is 1. The molecule has 3 atom stereocenters. The maximum absolute atomic E-state index is 12.2. The van der Waals surface area contributed by atoms with E-state index < -0.39 is 11.9 Å². The second kappa shape index (κ2) is 15.3. The molecule has 1 aromatic carbocycles. The summed E-state index contributed by atoms with van der Waals surface area (Å²) in [6.45, 7) is 7.33. The van der Waals surface area contributed by atoms with Gasteiger partial charge in [0, 0.05) is 50.4 Å². The second-order valence-electron chi connectivity index (χ2n) is 10.3. The minimum Gasteiger partial charge on any atom is -0.493 e. The first-order chi connectivity index (χ1) is 19.3. The van der Waals surface area contributed by atoms with E-state index in [0.29, 0.717) is 36.8 Å². The standard InChI is InChI=1S/C21H24N2O6.C9H19NO/c1-22-11-14(13-9-16(27-2)20-17(10-13)28-12-29-20)19(21(25)26)15(22)6-8-23-7-4-3-5-18(23)24;1-3-5-7-10(9-11)8-6-4-2/h3-5,7,9-10,14-15,19H,6,8,11-12H2,1-2H3,(H,25,26);9H,3-8H2,1-2H3. The number of unbranched alkanes of at least 4 members (excludes halogenated alkanes) is 2. The van der Waals surface area contributed by atoms with Crippen molar-refractivity contribution in [3.05, 3.63) is 52.4 Å². The number of aliphatic carboxylic acids is 1. The summed E-state index contributed by atoms with van der Waals surface area (Å²) in [6, 6.07) is 8.50. The van der Waals surface area contributed by atoms with E-state index in [2.05, 4.69) is 18.7 Å². The van der Waals surface area contributed by atoms with E-state index in [9.17, 15) is 19.5 Å². The molecule has 1 N–H and O–H groups in total. The number of ether oxygens (including phenoxy) is 3. The lowest BCUT2D eigenvalue weighted by molar-refractivity contribution is -0.143. The Hall–Kier alpha value is -3.53. The van der Waals surface area contributed by atoms with Crippen LogP contribution in [-0.2, 0) is 16.1 Å². The SMILES string of the molecule is CCCCN(C=O)CCCC.COc1cc(C2CN(C)C(CCn3ccccc3=O)C2C(=O)O)cc2c1OCO2. The van der Waals surface area contributed by atoms with Crippen molar-refractivity contribution in [2.24, 2.45) is 5.92 Å². The Morgan fingerprint density at radius 1 is 1.18 bits per heavy atom. The molecule has 220 valence electrons. The highest BCUT2D eigenvalue weighted by atomic mass is 16.7. The molecule has 1 saturated heterocycles. The summed E-state index contributed by atoms with van der Waals surface area (Å²) < 4.78 is 18.0. The van der Waals surface area contributed by atoms with Crippen LogP contribution in [-0.4, -0.2) is 78.5 Å². The van der Waals surface area contributed by atoms with Crippen molar-refractivity contribution in [3.63, 3.8) is 0 Å². The lowest BCUT2D eigenvalue weighted by Crippen LogP contribution is -2.35. The van der Waals surface area contributed by atoms with Gasteiger partial charge in [-0.25, -0.2) is 0 Å². The fourth-order valence-corrected chi connectivity index (χ4v) is 5.37. The molecule has 4 rings (SSSR count). The average Bonchev–Trinajstić information content (AvgIpc) is 3.57. The highest BCUT2D eigenvalue weighted by Gasteiger charge is 2.45. The van der Waals surface area contributed by atoms with Crippen LogP contribution in [0, 0.1) is 5.92 Å². The van der Waals surface area contributed by atoms with Crippen molar-refractivity contribution in [2.45, 2.75) is 64.5 Å². The molecule has 3 heterocycles. The average molecular weight is 558 g/mol. The largest absolute Gasteiger partial charge is 0.493 e. The zero-order valence-corrected chi connectivity index (χ0v) is 24.1. The first-order valence-corrected chi connectivity index (χ1v) is 14.1. The zero-order valence-electron chi connectivity index (χ0n) is 24.1. The van der Waals surface area contributed by atoms with Crippen LogP contribution < -0.4 is 19.8 Å². The monoisotopic (exact) mass is 557 g/mol. The molecular weight excluding hydrogens is 514 g/mol. The molecule has 40 heavy (non-hydrogen) atoms. The van der Waals surface area contributed by atoms with E-state index in [1.54, 1.807) is 30.0 Å². The molecule has 0 spiro atoms. The number of hydrogen-bond acceptors (Lipinski definition) is 7. The number of benzene rings is 1. The van der Waals surface area contributed by atoms with Gasteiger partial charge >= 0.3 is 5.97 Å². The number of likely N-dealkylation sites (N-methyl/N-ethyl adjacent to an activating group) is 1. The van der Waals surface area contributed by atoms with Crippen molar-refractivity contribution in [1.29, 1.82) is 0 Å². The van der Waals surface area contributed by atoms with Gasteiger partial charge in [-0.15, -0.1) is 0 Å². The Kier molecular flexibility index (Phi) is 11.9. The molecule has 0 saturated carbocycles. The number of carbonyl (C=O) groups is 2. The minimum absolute atomic E-state index is 0.0860. The Bertz CT molecular complexity index is 1160. The van der Waals surface area contributed by atoms with Crippen LogP contribution >= 0.6 is 0 Å². The number of fused-ring (bicyclic) bond motifs is 1. The number of nitrogens with zero attached hydrogens (tertiary/aromatic N) is 3. The molecule has 3 unspecified atom stereocenters. The summed E-state index contributed by atoms with van der Waals surface area (Å²) in [4.78, 5) is 38.6. The van der Waals surface area contributed by atoms with Crippen molar-refractivity contribution >= 4 is 12.4 Å². The lowest BCUT2D eigenvalue weighted by Gasteiger charge is -2.24. The van der Waals surface area contributed by atoms with Gasteiger partial charge in [-0.1, -0.05) is 32.8 Å². The molecule has 10 heteroatoms. The number of aryl methyl sites for hydroxylation is 1. The van der Waals surface area contributed by atoms with Crippen LogP contribution in [0.4, 0.5) is 0 Å². The number of rotatable bonds is 13. The van der Waals surface area contributed by atoms with Gasteiger partial charge in [0.15, 0.2) is 11.5 Å². The molecule has 2 aliphatic rings. The summed E-state index contributed by atoms with van der Waals surface area (Å²) in [5.74, 6) is -0.00901. The van der Waals surface area contributed by atoms with Crippen molar-refractivity contribution in [2.75, 3.05) is 40.6 Å². The molecule has 10 nitrogen and oxygen atoms in total. The van der Waals surface area contributed by atoms with Gasteiger partial charge in [-0.2, -0.15) is 0 Å². The first kappa shape index (κ1) is 31.0. The van der Waals surface area contributed by atoms with E-state index in [4.69, 9.17) is 14.2 Å². The van der Waals surface area contributed by atoms with Crippen LogP contribution in [0.25, 0.3) is 0 Å². The van der Waals surface area contributed by atoms with E-state index in [1.165, 1.54) is 6.07 Å². The summed E-state index contributed by atoms with van der Waals surface area (Å²) in [7, 11) is 3.48. The second-order valence-corrected chi connectivity index (χ2v) is 10.3.